The van der Waals surface area contributed by atoms with E-state index in [9.17, 15) is 36.4 Å². The second kappa shape index (κ2) is 7.08. The standard InChI is InChI=1S/C19H13N7O2/c1-12(2)25-17(14(7-20)8-21)19(11-24)16(18(19,9-22)10-23)13-4-3-5-15(6-13)26(27)28/h3-6,12,16,25H,1-2H3/t16-,19+/m0/s1. The number of nitrogens with zero attached hydrogens (tertiary/aromatic N) is 6. The van der Waals surface area contributed by atoms with Crippen molar-refractivity contribution in [2.75, 3.05) is 0 Å². The second-order valence-corrected chi connectivity index (χ2v) is 6.51. The van der Waals surface area contributed by atoms with Crippen LogP contribution < -0.4 is 5.32 Å². The smallest absolute Gasteiger partial charge is 0.269 e. The summed E-state index contributed by atoms with van der Waals surface area (Å²) in [5.41, 5.74) is -4.31. The van der Waals surface area contributed by atoms with E-state index >= 15 is 0 Å². The third-order valence-electron chi connectivity index (χ3n) is 4.65. The predicted molar refractivity (Wildman–Crippen MR) is 94.1 cm³/mol. The Morgan fingerprint density at radius 1 is 1.14 bits per heavy atom. The van der Waals surface area contributed by atoms with Gasteiger partial charge in [0.25, 0.3) is 5.69 Å². The molecule has 1 aliphatic rings. The van der Waals surface area contributed by atoms with E-state index in [2.05, 4.69) is 5.32 Å². The van der Waals surface area contributed by atoms with Crippen LogP contribution in [0.4, 0.5) is 5.69 Å². The fourth-order valence-electron chi connectivity index (χ4n) is 3.48. The van der Waals surface area contributed by atoms with Crippen LogP contribution in [0.5, 0.6) is 0 Å². The van der Waals surface area contributed by atoms with E-state index in [0.717, 1.165) is 0 Å². The summed E-state index contributed by atoms with van der Waals surface area (Å²) < 4.78 is 0. The number of hydrogen-bond acceptors (Lipinski definition) is 8. The quantitative estimate of drug-likeness (QED) is 0.466. The highest BCUT2D eigenvalue weighted by atomic mass is 16.6. The Morgan fingerprint density at radius 2 is 1.75 bits per heavy atom. The Morgan fingerprint density at radius 3 is 2.18 bits per heavy atom. The van der Waals surface area contributed by atoms with E-state index in [-0.39, 0.29) is 23.0 Å². The molecule has 9 nitrogen and oxygen atoms in total. The van der Waals surface area contributed by atoms with Gasteiger partial charge in [-0.15, -0.1) is 0 Å². The fourth-order valence-corrected chi connectivity index (χ4v) is 3.48. The fraction of sp³-hybridized carbons (Fsp3) is 0.316. The average Bonchev–Trinajstić information content (AvgIpc) is 3.31. The van der Waals surface area contributed by atoms with Crippen LogP contribution in [0.15, 0.2) is 35.5 Å². The number of nitro benzene ring substituents is 1. The average molecular weight is 371 g/mol. The molecular formula is C19H13N7O2. The largest absolute Gasteiger partial charge is 0.383 e. The van der Waals surface area contributed by atoms with Crippen LogP contribution >= 0.6 is 0 Å². The van der Waals surface area contributed by atoms with Crippen molar-refractivity contribution >= 4 is 5.69 Å². The van der Waals surface area contributed by atoms with E-state index in [4.69, 9.17) is 0 Å². The van der Waals surface area contributed by atoms with Gasteiger partial charge in [-0.05, 0) is 19.4 Å². The summed E-state index contributed by atoms with van der Waals surface area (Å²) in [5.74, 6) is -1.07. The number of hydrogen-bond donors (Lipinski definition) is 1. The van der Waals surface area contributed by atoms with Crippen molar-refractivity contribution in [3.8, 4) is 30.3 Å². The summed E-state index contributed by atoms with van der Waals surface area (Å²) in [6.07, 6.45) is 0. The molecule has 0 saturated heterocycles. The summed E-state index contributed by atoms with van der Waals surface area (Å²) in [6.45, 7) is 3.42. The van der Waals surface area contributed by atoms with Crippen molar-refractivity contribution in [3.63, 3.8) is 0 Å². The molecule has 0 heterocycles. The van der Waals surface area contributed by atoms with Gasteiger partial charge in [0.15, 0.2) is 5.41 Å². The van der Waals surface area contributed by atoms with E-state index in [1.54, 1.807) is 26.0 Å². The molecule has 1 aromatic rings. The SMILES string of the molecule is CC(C)NC(=C(C#N)C#N)[C@@]1(C#N)[C@@H](c2cccc([N+](=O)[O-])c2)C1(C#N)C#N. The highest BCUT2D eigenvalue weighted by Crippen LogP contribution is 2.76. The van der Waals surface area contributed by atoms with E-state index < -0.39 is 27.2 Å². The van der Waals surface area contributed by atoms with Crippen molar-refractivity contribution in [2.24, 2.45) is 10.8 Å². The van der Waals surface area contributed by atoms with Gasteiger partial charge in [-0.2, -0.15) is 26.3 Å². The van der Waals surface area contributed by atoms with Crippen molar-refractivity contribution in [3.05, 3.63) is 51.2 Å². The molecule has 9 heteroatoms. The molecule has 1 fully saturated rings. The normalized spacial score (nSPS) is 21.0. The molecule has 1 saturated carbocycles. The summed E-state index contributed by atoms with van der Waals surface area (Å²) in [7, 11) is 0. The molecule has 28 heavy (non-hydrogen) atoms. The molecule has 0 spiro atoms. The van der Waals surface area contributed by atoms with Gasteiger partial charge < -0.3 is 5.32 Å². The van der Waals surface area contributed by atoms with Gasteiger partial charge in [-0.3, -0.25) is 10.1 Å². The maximum atomic E-state index is 11.1. The van der Waals surface area contributed by atoms with E-state index in [0.29, 0.717) is 0 Å². The third kappa shape index (κ3) is 2.58. The monoisotopic (exact) mass is 371 g/mol. The topological polar surface area (TPSA) is 174 Å². The third-order valence-corrected chi connectivity index (χ3v) is 4.65. The zero-order valence-corrected chi connectivity index (χ0v) is 15.0. The lowest BCUT2D eigenvalue weighted by Gasteiger charge is -2.20. The first-order chi connectivity index (χ1) is 13.3. The summed E-state index contributed by atoms with van der Waals surface area (Å²) in [4.78, 5) is 10.5. The number of rotatable bonds is 5. The predicted octanol–water partition coefficient (Wildman–Crippen LogP) is 2.53. The molecule has 0 amide bonds. The molecule has 0 bridgehead atoms. The maximum Gasteiger partial charge on any atom is 0.269 e. The molecule has 1 aliphatic carbocycles. The Hall–Kier alpha value is -4.39. The number of non-ortho nitro benzene ring substituents is 1. The lowest BCUT2D eigenvalue weighted by atomic mass is 9.89. The van der Waals surface area contributed by atoms with E-state index in [1.165, 1.54) is 24.3 Å². The Labute approximate surface area is 161 Å². The van der Waals surface area contributed by atoms with Gasteiger partial charge in [0.1, 0.15) is 23.1 Å². The number of nitriles is 5. The first-order valence-electron chi connectivity index (χ1n) is 8.09. The van der Waals surface area contributed by atoms with Gasteiger partial charge in [0.2, 0.25) is 0 Å². The maximum absolute atomic E-state index is 11.1. The van der Waals surface area contributed by atoms with Crippen molar-refractivity contribution in [1.29, 1.82) is 26.3 Å². The molecule has 1 aromatic carbocycles. The number of allylic oxidation sites excluding steroid dienone is 2. The van der Waals surface area contributed by atoms with Crippen LogP contribution in [0.2, 0.25) is 0 Å². The van der Waals surface area contributed by atoms with Crippen molar-refractivity contribution in [1.82, 2.24) is 5.32 Å². The zero-order chi connectivity index (χ0) is 21.1. The first kappa shape index (κ1) is 19.9. The minimum atomic E-state index is -1.91. The van der Waals surface area contributed by atoms with Crippen molar-refractivity contribution < 1.29 is 4.92 Å². The van der Waals surface area contributed by atoms with Crippen LogP contribution in [-0.4, -0.2) is 11.0 Å². The second-order valence-electron chi connectivity index (χ2n) is 6.51. The van der Waals surface area contributed by atoms with Crippen molar-refractivity contribution in [2.45, 2.75) is 25.8 Å². The highest BCUT2D eigenvalue weighted by molar-refractivity contribution is 5.64. The van der Waals surface area contributed by atoms with Gasteiger partial charge in [-0.1, -0.05) is 12.1 Å². The van der Waals surface area contributed by atoms with Gasteiger partial charge >= 0.3 is 0 Å². The van der Waals surface area contributed by atoms with Gasteiger partial charge in [-0.25, -0.2) is 0 Å². The summed E-state index contributed by atoms with van der Waals surface area (Å²) in [5, 5.41) is 62.2. The Kier molecular flexibility index (Phi) is 5.04. The van der Waals surface area contributed by atoms with E-state index in [1.807, 2.05) is 18.2 Å². The number of nitrogens with one attached hydrogen (secondary N) is 1. The molecule has 2 rings (SSSR count). The van der Waals surface area contributed by atoms with Crippen LogP contribution in [0, 0.1) is 77.6 Å². The molecule has 0 aromatic heterocycles. The minimum absolute atomic E-state index is 0.116. The molecule has 0 aliphatic heterocycles. The zero-order valence-electron chi connectivity index (χ0n) is 15.0. The Balaban J connectivity index is 2.85. The number of nitro groups is 1. The highest BCUT2D eigenvalue weighted by Gasteiger charge is 2.83. The van der Waals surface area contributed by atoms with Crippen LogP contribution in [0.3, 0.4) is 0 Å². The molecule has 0 radical (unpaired) electrons. The van der Waals surface area contributed by atoms with Crippen LogP contribution in [0.1, 0.15) is 25.3 Å². The van der Waals surface area contributed by atoms with Crippen LogP contribution in [-0.2, 0) is 0 Å². The molecular weight excluding hydrogens is 358 g/mol. The molecule has 1 N–H and O–H groups in total. The Bertz CT molecular complexity index is 1060. The first-order valence-corrected chi connectivity index (χ1v) is 8.09. The van der Waals surface area contributed by atoms with Crippen LogP contribution in [0.25, 0.3) is 0 Å². The molecule has 136 valence electrons. The number of benzene rings is 1. The summed E-state index contributed by atoms with van der Waals surface area (Å²) >= 11 is 0. The lowest BCUT2D eigenvalue weighted by molar-refractivity contribution is -0.384. The molecule has 0 unspecified atom stereocenters. The minimum Gasteiger partial charge on any atom is -0.383 e. The molecule has 2 atom stereocenters. The summed E-state index contributed by atoms with van der Waals surface area (Å²) in [6, 6.07) is 14.1. The lowest BCUT2D eigenvalue weighted by Crippen LogP contribution is -2.31. The van der Waals surface area contributed by atoms with Gasteiger partial charge in [0.05, 0.1) is 28.8 Å². The van der Waals surface area contributed by atoms with Gasteiger partial charge in [0, 0.05) is 24.1 Å².